The number of hydrogen-bond donors (Lipinski definition) is 0. The lowest BCUT2D eigenvalue weighted by Gasteiger charge is -2.10. The largest absolute Gasteiger partial charge is 0.496 e. The first kappa shape index (κ1) is 13.3. The Kier molecular flexibility index (Phi) is 5.08. The third-order valence-electron chi connectivity index (χ3n) is 1.78. The van der Waals surface area contributed by atoms with Crippen LogP contribution in [0.15, 0.2) is 21.1 Å². The number of methoxy groups -OCH3 is 2. The van der Waals surface area contributed by atoms with Gasteiger partial charge in [-0.05, 0) is 44.0 Å². The molecule has 0 unspecified atom stereocenters. The second-order valence-corrected chi connectivity index (χ2v) is 4.49. The fourth-order valence-electron chi connectivity index (χ4n) is 0.973. The maximum Gasteiger partial charge on any atom is 0.343 e. The molecule has 16 heavy (non-hydrogen) atoms. The van der Waals surface area contributed by atoms with Crippen LogP contribution in [0.2, 0.25) is 0 Å². The lowest BCUT2D eigenvalue weighted by atomic mass is 10.3. The van der Waals surface area contributed by atoms with Crippen molar-refractivity contribution in [2.75, 3.05) is 20.8 Å². The Morgan fingerprint density at radius 2 is 1.75 bits per heavy atom. The fraction of sp³-hybridized carbons (Fsp3) is 0.300. The van der Waals surface area contributed by atoms with E-state index in [9.17, 15) is 4.79 Å². The van der Waals surface area contributed by atoms with Crippen molar-refractivity contribution >= 4 is 37.8 Å². The minimum Gasteiger partial charge on any atom is -0.496 e. The van der Waals surface area contributed by atoms with Crippen LogP contribution in [0.5, 0.6) is 11.5 Å². The molecule has 6 heteroatoms. The summed E-state index contributed by atoms with van der Waals surface area (Å²) in [4.78, 5) is 10.9. The first-order valence-corrected chi connectivity index (χ1v) is 5.89. The van der Waals surface area contributed by atoms with E-state index in [1.165, 1.54) is 7.11 Å². The Hall–Kier alpha value is -0.750. The van der Waals surface area contributed by atoms with Crippen molar-refractivity contribution in [2.45, 2.75) is 0 Å². The summed E-state index contributed by atoms with van der Waals surface area (Å²) < 4.78 is 16.3. The second kappa shape index (κ2) is 6.10. The lowest BCUT2D eigenvalue weighted by molar-refractivity contribution is -0.142. The van der Waals surface area contributed by atoms with Gasteiger partial charge in [0.15, 0.2) is 6.61 Å². The third-order valence-corrected chi connectivity index (χ3v) is 3.02. The maximum absolute atomic E-state index is 10.9. The summed E-state index contributed by atoms with van der Waals surface area (Å²) in [6, 6.07) is 3.46. The molecule has 1 aromatic rings. The predicted octanol–water partition coefficient (Wildman–Crippen LogP) is 2.77. The van der Waals surface area contributed by atoms with Crippen molar-refractivity contribution in [2.24, 2.45) is 0 Å². The van der Waals surface area contributed by atoms with E-state index < -0.39 is 5.97 Å². The number of carbonyl (C=O) groups is 1. The highest BCUT2D eigenvalue weighted by atomic mass is 79.9. The fourth-order valence-corrected chi connectivity index (χ4v) is 1.89. The Bertz CT molecular complexity index is 393. The molecule has 0 spiro atoms. The normalized spacial score (nSPS) is 9.75. The molecular weight excluding hydrogens is 344 g/mol. The van der Waals surface area contributed by atoms with E-state index in [0.29, 0.717) is 16.0 Å². The highest BCUT2D eigenvalue weighted by Crippen LogP contribution is 2.35. The van der Waals surface area contributed by atoms with Crippen LogP contribution < -0.4 is 9.47 Å². The van der Waals surface area contributed by atoms with Crippen molar-refractivity contribution in [1.29, 1.82) is 0 Å². The summed E-state index contributed by atoms with van der Waals surface area (Å²) in [5, 5.41) is 0. The van der Waals surface area contributed by atoms with Gasteiger partial charge in [-0.1, -0.05) is 0 Å². The quantitative estimate of drug-likeness (QED) is 0.781. The number of hydrogen-bond acceptors (Lipinski definition) is 4. The Morgan fingerprint density at radius 3 is 2.31 bits per heavy atom. The van der Waals surface area contributed by atoms with E-state index in [0.717, 1.165) is 4.47 Å². The van der Waals surface area contributed by atoms with Crippen LogP contribution in [-0.4, -0.2) is 26.8 Å². The van der Waals surface area contributed by atoms with Gasteiger partial charge in [0.1, 0.15) is 11.5 Å². The van der Waals surface area contributed by atoms with Gasteiger partial charge in [0, 0.05) is 0 Å². The smallest absolute Gasteiger partial charge is 0.343 e. The van der Waals surface area contributed by atoms with Crippen LogP contribution >= 0.6 is 31.9 Å². The van der Waals surface area contributed by atoms with Crippen molar-refractivity contribution < 1.29 is 19.0 Å². The molecule has 0 aromatic heterocycles. The van der Waals surface area contributed by atoms with E-state index in [-0.39, 0.29) is 6.61 Å². The molecule has 0 atom stereocenters. The standard InChI is InChI=1S/C10H10Br2O4/c1-14-8-3-7(12)9(4-6(8)11)16-5-10(13)15-2/h3-4H,5H2,1-2H3. The monoisotopic (exact) mass is 352 g/mol. The molecule has 0 heterocycles. The van der Waals surface area contributed by atoms with E-state index >= 15 is 0 Å². The minimum absolute atomic E-state index is 0.131. The molecule has 0 N–H and O–H groups in total. The Labute approximate surface area is 110 Å². The molecule has 0 amide bonds. The summed E-state index contributed by atoms with van der Waals surface area (Å²) in [7, 11) is 2.88. The average Bonchev–Trinajstić information content (AvgIpc) is 2.29. The van der Waals surface area contributed by atoms with Crippen LogP contribution in [0.25, 0.3) is 0 Å². The van der Waals surface area contributed by atoms with Gasteiger partial charge in [-0.15, -0.1) is 0 Å². The van der Waals surface area contributed by atoms with Crippen LogP contribution in [0.4, 0.5) is 0 Å². The van der Waals surface area contributed by atoms with Crippen LogP contribution in [0.3, 0.4) is 0 Å². The molecule has 0 aliphatic rings. The molecule has 0 saturated carbocycles. The van der Waals surface area contributed by atoms with Gasteiger partial charge in [0.05, 0.1) is 23.2 Å². The number of halogens is 2. The second-order valence-electron chi connectivity index (χ2n) is 2.78. The van der Waals surface area contributed by atoms with E-state index in [1.807, 2.05) is 0 Å². The van der Waals surface area contributed by atoms with Gasteiger partial charge in [-0.3, -0.25) is 0 Å². The molecule has 4 nitrogen and oxygen atoms in total. The first-order chi connectivity index (χ1) is 7.58. The van der Waals surface area contributed by atoms with Crippen molar-refractivity contribution in [3.63, 3.8) is 0 Å². The molecule has 88 valence electrons. The van der Waals surface area contributed by atoms with Gasteiger partial charge < -0.3 is 14.2 Å². The SMILES string of the molecule is COC(=O)COc1cc(Br)c(OC)cc1Br. The van der Waals surface area contributed by atoms with Crippen molar-refractivity contribution in [3.05, 3.63) is 21.1 Å². The molecule has 0 saturated heterocycles. The zero-order chi connectivity index (χ0) is 12.1. The summed E-state index contributed by atoms with van der Waals surface area (Å²) in [6.07, 6.45) is 0. The number of esters is 1. The van der Waals surface area contributed by atoms with Crippen molar-refractivity contribution in [3.8, 4) is 11.5 Å². The number of ether oxygens (including phenoxy) is 3. The average molecular weight is 354 g/mol. The predicted molar refractivity (Wildman–Crippen MR) is 65.9 cm³/mol. The summed E-state index contributed by atoms with van der Waals surface area (Å²) in [6.45, 7) is -0.131. The third kappa shape index (κ3) is 3.38. The molecule has 1 aromatic carbocycles. The summed E-state index contributed by atoms with van der Waals surface area (Å²) in [5.74, 6) is 0.786. The van der Waals surface area contributed by atoms with Crippen LogP contribution in [0, 0.1) is 0 Å². The van der Waals surface area contributed by atoms with E-state index in [4.69, 9.17) is 9.47 Å². The number of carbonyl (C=O) groups excluding carboxylic acids is 1. The van der Waals surface area contributed by atoms with Gasteiger partial charge in [0.2, 0.25) is 0 Å². The first-order valence-electron chi connectivity index (χ1n) is 4.31. The van der Waals surface area contributed by atoms with Gasteiger partial charge in [0.25, 0.3) is 0 Å². The number of rotatable bonds is 4. The molecule has 1 rings (SSSR count). The van der Waals surface area contributed by atoms with Crippen LogP contribution in [-0.2, 0) is 9.53 Å². The minimum atomic E-state index is -0.432. The zero-order valence-electron chi connectivity index (χ0n) is 8.75. The van der Waals surface area contributed by atoms with Gasteiger partial charge in [-0.2, -0.15) is 0 Å². The van der Waals surface area contributed by atoms with Crippen LogP contribution in [0.1, 0.15) is 0 Å². The zero-order valence-corrected chi connectivity index (χ0v) is 11.9. The molecular formula is C10H10Br2O4. The van der Waals surface area contributed by atoms with Gasteiger partial charge in [-0.25, -0.2) is 4.79 Å². The van der Waals surface area contributed by atoms with E-state index in [2.05, 4.69) is 36.6 Å². The van der Waals surface area contributed by atoms with Gasteiger partial charge >= 0.3 is 5.97 Å². The molecule has 0 aliphatic carbocycles. The summed E-state index contributed by atoms with van der Waals surface area (Å²) >= 11 is 6.64. The summed E-state index contributed by atoms with van der Waals surface area (Å²) in [5.41, 5.74) is 0. The van der Waals surface area contributed by atoms with E-state index in [1.54, 1.807) is 19.2 Å². The molecule has 0 aliphatic heterocycles. The van der Waals surface area contributed by atoms with Crippen molar-refractivity contribution in [1.82, 2.24) is 0 Å². The maximum atomic E-state index is 10.9. The Balaban J connectivity index is 2.81. The molecule has 0 radical (unpaired) electrons. The molecule has 0 bridgehead atoms. The molecule has 0 fully saturated rings. The number of benzene rings is 1. The lowest BCUT2D eigenvalue weighted by Crippen LogP contribution is -2.12. The highest BCUT2D eigenvalue weighted by Gasteiger charge is 2.09. The Morgan fingerprint density at radius 1 is 1.19 bits per heavy atom. The highest BCUT2D eigenvalue weighted by molar-refractivity contribution is 9.11. The topological polar surface area (TPSA) is 44.8 Å².